The number of hydrogen-bond acceptors (Lipinski definition) is 6. The van der Waals surface area contributed by atoms with Crippen molar-refractivity contribution in [2.45, 2.75) is 18.2 Å². The van der Waals surface area contributed by atoms with E-state index in [1.54, 1.807) is 31.4 Å². The number of anilines is 3. The molecule has 3 aromatic carbocycles. The van der Waals surface area contributed by atoms with E-state index < -0.39 is 0 Å². The van der Waals surface area contributed by atoms with Crippen LogP contribution in [-0.2, 0) is 4.79 Å². The molecule has 3 N–H and O–H groups in total. The maximum Gasteiger partial charge on any atom is 0.323 e. The van der Waals surface area contributed by atoms with Crippen molar-refractivity contribution in [3.63, 3.8) is 0 Å². The standard InChI is InChI=1S/C25H24N4O3S2/c1-15-4-5-16(2)21(12-15)28-24(31)27-18-8-11-20-22(13-18)34-25(29-20)33-14-23(30)26-17-6-9-19(32-3)10-7-17/h4-13H,14H2,1-3H3,(H,26,30)(H2,27,28,31). The number of nitrogens with one attached hydrogen (secondary N) is 3. The summed E-state index contributed by atoms with van der Waals surface area (Å²) in [4.78, 5) is 29.3. The summed E-state index contributed by atoms with van der Waals surface area (Å²) in [6.07, 6.45) is 0. The molecule has 0 saturated carbocycles. The van der Waals surface area contributed by atoms with Crippen LogP contribution in [0.1, 0.15) is 11.1 Å². The highest BCUT2D eigenvalue weighted by Crippen LogP contribution is 2.31. The molecule has 4 aromatic rings. The lowest BCUT2D eigenvalue weighted by Crippen LogP contribution is -2.19. The molecule has 174 valence electrons. The molecular weight excluding hydrogens is 468 g/mol. The summed E-state index contributed by atoms with van der Waals surface area (Å²) in [6, 6.07) is 18.4. The number of carbonyl (C=O) groups excluding carboxylic acids is 2. The van der Waals surface area contributed by atoms with Gasteiger partial charge in [0, 0.05) is 17.1 Å². The van der Waals surface area contributed by atoms with E-state index in [0.717, 1.165) is 37.1 Å². The lowest BCUT2D eigenvalue weighted by atomic mass is 10.1. The Labute approximate surface area is 205 Å². The van der Waals surface area contributed by atoms with Crippen LogP contribution in [-0.4, -0.2) is 29.8 Å². The zero-order chi connectivity index (χ0) is 24.1. The van der Waals surface area contributed by atoms with Crippen LogP contribution in [0, 0.1) is 13.8 Å². The Balaban J connectivity index is 1.34. The van der Waals surface area contributed by atoms with Gasteiger partial charge in [0.05, 0.1) is 23.1 Å². The average Bonchev–Trinajstić information content (AvgIpc) is 3.23. The molecule has 3 amide bonds. The number of carbonyl (C=O) groups is 2. The van der Waals surface area contributed by atoms with Gasteiger partial charge in [-0.1, -0.05) is 23.9 Å². The van der Waals surface area contributed by atoms with Crippen molar-refractivity contribution in [1.29, 1.82) is 0 Å². The van der Waals surface area contributed by atoms with Crippen molar-refractivity contribution in [1.82, 2.24) is 4.98 Å². The minimum atomic E-state index is -0.303. The number of hydrogen-bond donors (Lipinski definition) is 3. The smallest absolute Gasteiger partial charge is 0.323 e. The predicted molar refractivity (Wildman–Crippen MR) is 141 cm³/mol. The van der Waals surface area contributed by atoms with E-state index in [9.17, 15) is 9.59 Å². The van der Waals surface area contributed by atoms with Gasteiger partial charge in [0.1, 0.15) is 5.75 Å². The van der Waals surface area contributed by atoms with Gasteiger partial charge < -0.3 is 20.7 Å². The zero-order valence-corrected chi connectivity index (χ0v) is 20.6. The summed E-state index contributed by atoms with van der Waals surface area (Å²) in [7, 11) is 1.60. The van der Waals surface area contributed by atoms with Gasteiger partial charge in [-0.2, -0.15) is 0 Å². The maximum absolute atomic E-state index is 12.5. The molecule has 0 unspecified atom stereocenters. The van der Waals surface area contributed by atoms with Gasteiger partial charge in [-0.3, -0.25) is 4.79 Å². The fourth-order valence-electron chi connectivity index (χ4n) is 3.20. The molecule has 0 fully saturated rings. The molecule has 0 bridgehead atoms. The Bertz CT molecular complexity index is 1340. The molecular formula is C25H24N4O3S2. The number of benzene rings is 3. The Morgan fingerprint density at radius 3 is 2.47 bits per heavy atom. The van der Waals surface area contributed by atoms with E-state index in [-0.39, 0.29) is 17.7 Å². The van der Waals surface area contributed by atoms with Crippen molar-refractivity contribution in [3.05, 3.63) is 71.8 Å². The number of aromatic nitrogens is 1. The van der Waals surface area contributed by atoms with Crippen molar-refractivity contribution < 1.29 is 14.3 Å². The summed E-state index contributed by atoms with van der Waals surface area (Å²) in [5.74, 6) is 0.869. The maximum atomic E-state index is 12.5. The summed E-state index contributed by atoms with van der Waals surface area (Å²) < 4.78 is 6.84. The van der Waals surface area contributed by atoms with Gasteiger partial charge >= 0.3 is 6.03 Å². The minimum Gasteiger partial charge on any atom is -0.497 e. The van der Waals surface area contributed by atoms with Gasteiger partial charge in [-0.25, -0.2) is 9.78 Å². The first kappa shape index (κ1) is 23.6. The normalized spacial score (nSPS) is 10.7. The number of urea groups is 1. The molecule has 9 heteroatoms. The van der Waals surface area contributed by atoms with Crippen LogP contribution in [0.2, 0.25) is 0 Å². The molecule has 0 atom stereocenters. The summed E-state index contributed by atoms with van der Waals surface area (Å²) >= 11 is 2.86. The van der Waals surface area contributed by atoms with Crippen molar-refractivity contribution >= 4 is 62.3 Å². The number of nitrogens with zero attached hydrogens (tertiary/aromatic N) is 1. The monoisotopic (exact) mass is 492 g/mol. The molecule has 0 saturated heterocycles. The van der Waals surface area contributed by atoms with Crippen LogP contribution in [0.5, 0.6) is 5.75 Å². The number of fused-ring (bicyclic) bond motifs is 1. The fraction of sp³-hybridized carbons (Fsp3) is 0.160. The first-order valence-electron chi connectivity index (χ1n) is 10.5. The highest BCUT2D eigenvalue weighted by Gasteiger charge is 2.11. The van der Waals surface area contributed by atoms with Crippen molar-refractivity contribution in [3.8, 4) is 5.75 Å². The number of thiazole rings is 1. The summed E-state index contributed by atoms with van der Waals surface area (Å²) in [5.41, 5.74) is 5.07. The topological polar surface area (TPSA) is 92.3 Å². The van der Waals surface area contributed by atoms with Crippen LogP contribution in [0.4, 0.5) is 21.9 Å². The SMILES string of the molecule is COc1ccc(NC(=O)CSc2nc3ccc(NC(=O)Nc4cc(C)ccc4C)cc3s2)cc1. The molecule has 0 aliphatic rings. The largest absolute Gasteiger partial charge is 0.497 e. The number of rotatable bonds is 7. The van der Waals surface area contributed by atoms with Crippen molar-refractivity contribution in [2.24, 2.45) is 0 Å². The fourth-order valence-corrected chi connectivity index (χ4v) is 5.10. The van der Waals surface area contributed by atoms with E-state index in [4.69, 9.17) is 4.74 Å². The lowest BCUT2D eigenvalue weighted by molar-refractivity contribution is -0.113. The first-order chi connectivity index (χ1) is 16.4. The van der Waals surface area contributed by atoms with E-state index >= 15 is 0 Å². The van der Waals surface area contributed by atoms with E-state index in [0.29, 0.717) is 11.4 Å². The second-order valence-corrected chi connectivity index (χ2v) is 9.88. The molecule has 34 heavy (non-hydrogen) atoms. The van der Waals surface area contributed by atoms with Crippen LogP contribution < -0.4 is 20.7 Å². The highest BCUT2D eigenvalue weighted by molar-refractivity contribution is 8.01. The third-order valence-electron chi connectivity index (χ3n) is 4.97. The quantitative estimate of drug-likeness (QED) is 0.263. The molecule has 1 aromatic heterocycles. The van der Waals surface area contributed by atoms with E-state index in [1.807, 2.05) is 50.2 Å². The highest BCUT2D eigenvalue weighted by atomic mass is 32.2. The molecule has 0 aliphatic carbocycles. The third-order valence-corrected chi connectivity index (χ3v) is 7.13. The number of amides is 3. The van der Waals surface area contributed by atoms with Crippen LogP contribution in [0.3, 0.4) is 0 Å². The second-order valence-electron chi connectivity index (χ2n) is 7.63. The van der Waals surface area contributed by atoms with E-state index in [1.165, 1.54) is 23.1 Å². The Hall–Kier alpha value is -3.56. The van der Waals surface area contributed by atoms with Crippen molar-refractivity contribution in [2.75, 3.05) is 28.8 Å². The zero-order valence-electron chi connectivity index (χ0n) is 19.0. The predicted octanol–water partition coefficient (Wildman–Crippen LogP) is 6.30. The Morgan fingerprint density at radius 1 is 0.941 bits per heavy atom. The Morgan fingerprint density at radius 2 is 1.71 bits per heavy atom. The third kappa shape index (κ3) is 6.06. The van der Waals surface area contributed by atoms with Gasteiger partial charge in [0.2, 0.25) is 5.91 Å². The van der Waals surface area contributed by atoms with Crippen LogP contribution in [0.25, 0.3) is 10.2 Å². The van der Waals surface area contributed by atoms with Gasteiger partial charge in [-0.05, 0) is 73.5 Å². The summed E-state index contributed by atoms with van der Waals surface area (Å²) in [6.45, 7) is 3.94. The molecule has 0 aliphatic heterocycles. The Kier molecular flexibility index (Phi) is 7.34. The van der Waals surface area contributed by atoms with Crippen LogP contribution in [0.15, 0.2) is 65.0 Å². The number of ether oxygens (including phenoxy) is 1. The van der Waals surface area contributed by atoms with E-state index in [2.05, 4.69) is 20.9 Å². The average molecular weight is 493 g/mol. The minimum absolute atomic E-state index is 0.111. The lowest BCUT2D eigenvalue weighted by Gasteiger charge is -2.10. The van der Waals surface area contributed by atoms with Gasteiger partial charge in [0.15, 0.2) is 4.34 Å². The molecule has 1 heterocycles. The molecule has 0 spiro atoms. The number of thioether (sulfide) groups is 1. The molecule has 4 rings (SSSR count). The summed E-state index contributed by atoms with van der Waals surface area (Å²) in [5, 5.41) is 8.63. The molecule has 7 nitrogen and oxygen atoms in total. The molecule has 0 radical (unpaired) electrons. The number of methoxy groups -OCH3 is 1. The first-order valence-corrected chi connectivity index (χ1v) is 12.3. The van der Waals surface area contributed by atoms with Gasteiger partial charge in [0.25, 0.3) is 0 Å². The van der Waals surface area contributed by atoms with Gasteiger partial charge in [-0.15, -0.1) is 11.3 Å². The number of aryl methyl sites for hydroxylation is 2. The van der Waals surface area contributed by atoms with Crippen LogP contribution >= 0.6 is 23.1 Å². The second kappa shape index (κ2) is 10.6.